The van der Waals surface area contributed by atoms with E-state index in [9.17, 15) is 17.6 Å². The van der Waals surface area contributed by atoms with E-state index in [1.807, 2.05) is 0 Å². The molecule has 2 heterocycles. The number of methoxy groups -OCH3 is 1. The number of hydrogen-bond acceptors (Lipinski definition) is 8. The number of nitrogens with zero attached hydrogens (tertiary/aromatic N) is 9. The summed E-state index contributed by atoms with van der Waals surface area (Å²) >= 11 is 0. The monoisotopic (exact) mass is 463 g/mol. The maximum Gasteiger partial charge on any atom is 0.453 e. The Hall–Kier alpha value is -4.10. The van der Waals surface area contributed by atoms with Crippen molar-refractivity contribution < 1.29 is 22.3 Å². The minimum atomic E-state index is -4.75. The molecule has 4 aromatic rings. The van der Waals surface area contributed by atoms with Gasteiger partial charge in [0.05, 0.1) is 18.5 Å². The number of benzene rings is 2. The van der Waals surface area contributed by atoms with E-state index in [4.69, 9.17) is 4.74 Å². The average molecular weight is 463 g/mol. The number of hydrogen-bond donors (Lipinski definition) is 0. The first kappa shape index (κ1) is 22.1. The Labute approximate surface area is 184 Å². The number of tetrazole rings is 2. The van der Waals surface area contributed by atoms with Crippen LogP contribution in [0.15, 0.2) is 36.4 Å². The molecule has 0 fully saturated rings. The standard InChI is InChI=1S/C19H17F4N9O/c1-30(14-6-4-12(20)8-11(14)9-17-24-26-28-31(17)2)15-10-13(5-7-16(15)33-3)32-18(19(21,22)23)25-27-29-32/h4-8,10H,9H2,1-3H3. The largest absolute Gasteiger partial charge is 0.495 e. The summed E-state index contributed by atoms with van der Waals surface area (Å²) < 4.78 is 61.4. The van der Waals surface area contributed by atoms with Crippen molar-refractivity contribution >= 4 is 11.4 Å². The van der Waals surface area contributed by atoms with Crippen LogP contribution in [-0.2, 0) is 19.6 Å². The Morgan fingerprint density at radius 1 is 1.00 bits per heavy atom. The molecule has 172 valence electrons. The minimum absolute atomic E-state index is 0.0659. The van der Waals surface area contributed by atoms with E-state index in [2.05, 4.69) is 31.1 Å². The van der Waals surface area contributed by atoms with Crippen LogP contribution in [0, 0.1) is 5.82 Å². The fraction of sp³-hybridized carbons (Fsp3) is 0.263. The summed E-state index contributed by atoms with van der Waals surface area (Å²) in [7, 11) is 4.77. The normalized spacial score (nSPS) is 11.6. The number of halogens is 4. The van der Waals surface area contributed by atoms with Crippen LogP contribution in [0.3, 0.4) is 0 Å². The molecule has 0 saturated carbocycles. The van der Waals surface area contributed by atoms with Gasteiger partial charge in [0, 0.05) is 26.2 Å². The fourth-order valence-electron chi connectivity index (χ4n) is 3.33. The summed E-state index contributed by atoms with van der Waals surface area (Å²) in [6.45, 7) is 0. The second kappa shape index (κ2) is 8.44. The number of anilines is 2. The lowest BCUT2D eigenvalue weighted by Crippen LogP contribution is -2.17. The first-order chi connectivity index (χ1) is 15.7. The summed E-state index contributed by atoms with van der Waals surface area (Å²) in [5.41, 5.74) is 1.60. The van der Waals surface area contributed by atoms with Crippen molar-refractivity contribution in [2.24, 2.45) is 7.05 Å². The zero-order valence-electron chi connectivity index (χ0n) is 17.6. The Morgan fingerprint density at radius 3 is 2.42 bits per heavy atom. The molecule has 0 bridgehead atoms. The molecule has 0 atom stereocenters. The van der Waals surface area contributed by atoms with E-state index in [0.29, 0.717) is 33.2 Å². The highest BCUT2D eigenvalue weighted by atomic mass is 19.4. The molecule has 0 radical (unpaired) electrons. The van der Waals surface area contributed by atoms with Crippen LogP contribution in [-0.4, -0.2) is 54.6 Å². The lowest BCUT2D eigenvalue weighted by atomic mass is 10.1. The predicted molar refractivity (Wildman–Crippen MR) is 107 cm³/mol. The molecule has 0 spiro atoms. The van der Waals surface area contributed by atoms with Crippen molar-refractivity contribution in [1.29, 1.82) is 0 Å². The van der Waals surface area contributed by atoms with Crippen molar-refractivity contribution in [1.82, 2.24) is 40.4 Å². The summed E-state index contributed by atoms with van der Waals surface area (Å²) in [4.78, 5) is 1.67. The van der Waals surface area contributed by atoms with Crippen molar-refractivity contribution in [2.75, 3.05) is 19.1 Å². The first-order valence-corrected chi connectivity index (χ1v) is 9.46. The molecule has 0 N–H and O–H groups in total. The van der Waals surface area contributed by atoms with Gasteiger partial charge >= 0.3 is 6.18 Å². The van der Waals surface area contributed by atoms with Crippen molar-refractivity contribution in [3.63, 3.8) is 0 Å². The van der Waals surface area contributed by atoms with Crippen LogP contribution in [0.25, 0.3) is 5.69 Å². The zero-order valence-corrected chi connectivity index (χ0v) is 17.6. The Morgan fingerprint density at radius 2 is 1.76 bits per heavy atom. The van der Waals surface area contributed by atoms with Crippen LogP contribution < -0.4 is 9.64 Å². The summed E-state index contributed by atoms with van der Waals surface area (Å²) in [5, 5.41) is 21.0. The molecule has 0 unspecified atom stereocenters. The van der Waals surface area contributed by atoms with E-state index in [1.165, 1.54) is 42.1 Å². The second-order valence-corrected chi connectivity index (χ2v) is 7.00. The van der Waals surface area contributed by atoms with Gasteiger partial charge in [0.2, 0.25) is 0 Å². The molecule has 0 saturated heterocycles. The molecule has 0 amide bonds. The van der Waals surface area contributed by atoms with Crippen LogP contribution in [0.2, 0.25) is 0 Å². The number of aromatic nitrogens is 8. The lowest BCUT2D eigenvalue weighted by molar-refractivity contribution is -0.146. The third-order valence-electron chi connectivity index (χ3n) is 4.95. The molecule has 2 aromatic carbocycles. The fourth-order valence-corrected chi connectivity index (χ4v) is 3.33. The first-order valence-electron chi connectivity index (χ1n) is 9.46. The van der Waals surface area contributed by atoms with Gasteiger partial charge in [-0.15, -0.1) is 10.2 Å². The van der Waals surface area contributed by atoms with Crippen LogP contribution >= 0.6 is 0 Å². The molecular weight excluding hydrogens is 446 g/mol. The highest BCUT2D eigenvalue weighted by Crippen LogP contribution is 2.37. The molecule has 33 heavy (non-hydrogen) atoms. The second-order valence-electron chi connectivity index (χ2n) is 7.00. The van der Waals surface area contributed by atoms with E-state index >= 15 is 0 Å². The molecule has 10 nitrogen and oxygen atoms in total. The van der Waals surface area contributed by atoms with Crippen LogP contribution in [0.1, 0.15) is 17.2 Å². The van der Waals surface area contributed by atoms with Gasteiger partial charge in [-0.2, -0.15) is 17.9 Å². The molecule has 0 aliphatic carbocycles. The van der Waals surface area contributed by atoms with Gasteiger partial charge in [0.1, 0.15) is 11.6 Å². The molecule has 14 heteroatoms. The van der Waals surface area contributed by atoms with Crippen molar-refractivity contribution in [3.8, 4) is 11.4 Å². The zero-order chi connectivity index (χ0) is 23.8. The molecule has 4 rings (SSSR count). The van der Waals surface area contributed by atoms with Gasteiger partial charge < -0.3 is 9.64 Å². The highest BCUT2D eigenvalue weighted by molar-refractivity contribution is 5.73. The predicted octanol–water partition coefficient (Wildman–Crippen LogP) is 2.71. The lowest BCUT2D eigenvalue weighted by Gasteiger charge is -2.25. The number of alkyl halides is 3. The van der Waals surface area contributed by atoms with Crippen LogP contribution in [0.5, 0.6) is 5.75 Å². The summed E-state index contributed by atoms with van der Waals surface area (Å²) in [5.74, 6) is -0.849. The van der Waals surface area contributed by atoms with E-state index in [-0.39, 0.29) is 12.1 Å². The smallest absolute Gasteiger partial charge is 0.453 e. The van der Waals surface area contributed by atoms with E-state index in [0.717, 1.165) is 0 Å². The van der Waals surface area contributed by atoms with Crippen molar-refractivity contribution in [3.05, 3.63) is 59.4 Å². The third-order valence-corrected chi connectivity index (χ3v) is 4.95. The van der Waals surface area contributed by atoms with Gasteiger partial charge in [-0.05, 0) is 62.8 Å². The maximum absolute atomic E-state index is 14.1. The third kappa shape index (κ3) is 4.31. The Balaban J connectivity index is 1.79. The number of rotatable bonds is 6. The highest BCUT2D eigenvalue weighted by Gasteiger charge is 2.38. The summed E-state index contributed by atoms with van der Waals surface area (Å²) in [6, 6.07) is 8.53. The molecule has 0 aliphatic heterocycles. The van der Waals surface area contributed by atoms with Gasteiger partial charge in [-0.25, -0.2) is 9.07 Å². The van der Waals surface area contributed by atoms with E-state index < -0.39 is 17.8 Å². The van der Waals surface area contributed by atoms with Crippen LogP contribution in [0.4, 0.5) is 28.9 Å². The SMILES string of the molecule is COc1ccc(-n2nnnc2C(F)(F)F)cc1N(C)c1ccc(F)cc1Cc1nnnn1C. The van der Waals surface area contributed by atoms with Gasteiger partial charge in [0.15, 0.2) is 5.82 Å². The Kier molecular flexibility index (Phi) is 5.66. The topological polar surface area (TPSA) is 99.7 Å². The number of aryl methyl sites for hydroxylation is 1. The quantitative estimate of drug-likeness (QED) is 0.403. The molecule has 2 aromatic heterocycles. The minimum Gasteiger partial charge on any atom is -0.495 e. The maximum atomic E-state index is 14.1. The summed E-state index contributed by atoms with van der Waals surface area (Å²) in [6.07, 6.45) is -4.53. The van der Waals surface area contributed by atoms with Crippen molar-refractivity contribution in [2.45, 2.75) is 12.6 Å². The molecule has 0 aliphatic rings. The molecular formula is C19H17F4N9O. The van der Waals surface area contributed by atoms with Gasteiger partial charge in [0.25, 0.3) is 5.82 Å². The Bertz CT molecular complexity index is 1280. The van der Waals surface area contributed by atoms with E-state index in [1.54, 1.807) is 25.1 Å². The average Bonchev–Trinajstić information content (AvgIpc) is 3.42. The van der Waals surface area contributed by atoms with Gasteiger partial charge in [-0.3, -0.25) is 0 Å². The number of ether oxygens (including phenoxy) is 1. The van der Waals surface area contributed by atoms with Gasteiger partial charge in [-0.1, -0.05) is 0 Å².